The number of amides is 1. The van der Waals surface area contributed by atoms with Gasteiger partial charge in [-0.15, -0.1) is 0 Å². The lowest BCUT2D eigenvalue weighted by Crippen LogP contribution is -2.24. The van der Waals surface area contributed by atoms with E-state index in [1.165, 1.54) is 10.6 Å². The number of hydrogen-bond acceptors (Lipinski definition) is 4. The highest BCUT2D eigenvalue weighted by atomic mass is 35.5. The maximum atomic E-state index is 12.3. The molecule has 23 heavy (non-hydrogen) atoms. The van der Waals surface area contributed by atoms with E-state index in [2.05, 4.69) is 6.07 Å². The van der Waals surface area contributed by atoms with E-state index in [1.54, 1.807) is 19.1 Å². The Kier molecular flexibility index (Phi) is 5.48. The third kappa shape index (κ3) is 4.15. The number of hydrogen-bond donors (Lipinski definition) is 1. The number of rotatable bonds is 5. The average Bonchev–Trinajstić information content (AvgIpc) is 2.50. The van der Waals surface area contributed by atoms with Crippen LogP contribution in [0.4, 0.5) is 0 Å². The Morgan fingerprint density at radius 3 is 2.61 bits per heavy atom. The van der Waals surface area contributed by atoms with Crippen molar-refractivity contribution in [1.82, 2.24) is 4.57 Å². The highest BCUT2D eigenvalue weighted by Crippen LogP contribution is 2.24. The quantitative estimate of drug-likeness (QED) is 0.840. The summed E-state index contributed by atoms with van der Waals surface area (Å²) in [6.07, 6.45) is 0. The van der Waals surface area contributed by atoms with Crippen LogP contribution in [0.5, 0.6) is 0 Å². The molecule has 2 N–H and O–H groups in total. The molecule has 5 nitrogen and oxygen atoms in total. The van der Waals surface area contributed by atoms with Crippen molar-refractivity contribution in [3.05, 3.63) is 62.4 Å². The lowest BCUT2D eigenvalue weighted by molar-refractivity contribution is -0.115. The van der Waals surface area contributed by atoms with Crippen LogP contribution >= 0.6 is 23.4 Å². The van der Waals surface area contributed by atoms with Crippen molar-refractivity contribution >= 4 is 29.3 Å². The lowest BCUT2D eigenvalue weighted by Gasteiger charge is -2.15. The second kappa shape index (κ2) is 7.36. The molecule has 0 radical (unpaired) electrons. The van der Waals surface area contributed by atoms with Crippen LogP contribution < -0.4 is 11.3 Å². The summed E-state index contributed by atoms with van der Waals surface area (Å²) in [5.41, 5.74) is 6.78. The van der Waals surface area contributed by atoms with Gasteiger partial charge in [0.25, 0.3) is 5.56 Å². The predicted octanol–water partition coefficient (Wildman–Crippen LogP) is 2.31. The van der Waals surface area contributed by atoms with E-state index in [0.29, 0.717) is 21.2 Å². The summed E-state index contributed by atoms with van der Waals surface area (Å²) in [5, 5.41) is 10.4. The van der Waals surface area contributed by atoms with Gasteiger partial charge in [0.2, 0.25) is 5.91 Å². The van der Waals surface area contributed by atoms with Crippen molar-refractivity contribution < 1.29 is 4.79 Å². The number of halogens is 1. The first-order valence-corrected chi connectivity index (χ1v) is 8.09. The SMILES string of the molecule is Cc1cc(=O)n(Cc2ccc(Cl)cc2)c(SCC(N)=O)c1C#N. The van der Waals surface area contributed by atoms with Gasteiger partial charge in [0.1, 0.15) is 6.07 Å². The summed E-state index contributed by atoms with van der Waals surface area (Å²) in [5.74, 6) is -0.510. The topological polar surface area (TPSA) is 88.9 Å². The van der Waals surface area contributed by atoms with Crippen LogP contribution in [0.3, 0.4) is 0 Å². The zero-order chi connectivity index (χ0) is 17.0. The molecule has 0 bridgehead atoms. The standard InChI is InChI=1S/C16H14ClN3O2S/c1-10-6-15(22)20(8-11-2-4-12(17)5-3-11)16(13(10)7-18)23-9-14(19)21/h2-6H,8-9H2,1H3,(H2,19,21). The molecular formula is C16H14ClN3O2S. The maximum Gasteiger partial charge on any atom is 0.252 e. The van der Waals surface area contributed by atoms with Gasteiger partial charge in [0.05, 0.1) is 22.9 Å². The third-order valence-electron chi connectivity index (χ3n) is 3.18. The molecule has 2 rings (SSSR count). The van der Waals surface area contributed by atoms with E-state index in [-0.39, 0.29) is 17.9 Å². The normalized spacial score (nSPS) is 10.3. The summed E-state index contributed by atoms with van der Waals surface area (Å²) in [4.78, 5) is 23.4. The molecule has 0 saturated carbocycles. The smallest absolute Gasteiger partial charge is 0.252 e. The highest BCUT2D eigenvalue weighted by Gasteiger charge is 2.15. The molecule has 1 heterocycles. The molecule has 0 aliphatic carbocycles. The molecule has 118 valence electrons. The third-order valence-corrected chi connectivity index (χ3v) is 4.56. The van der Waals surface area contributed by atoms with Crippen molar-refractivity contribution in [2.45, 2.75) is 18.5 Å². The number of carbonyl (C=O) groups excluding carboxylic acids is 1. The second-order valence-electron chi connectivity index (χ2n) is 4.93. The fourth-order valence-electron chi connectivity index (χ4n) is 2.09. The Hall–Kier alpha value is -2.23. The number of pyridine rings is 1. The molecule has 1 amide bonds. The molecule has 7 heteroatoms. The maximum absolute atomic E-state index is 12.3. The first kappa shape index (κ1) is 17.1. The van der Waals surface area contributed by atoms with Gasteiger partial charge in [-0.1, -0.05) is 35.5 Å². The lowest BCUT2D eigenvalue weighted by atomic mass is 10.1. The first-order valence-electron chi connectivity index (χ1n) is 6.72. The summed E-state index contributed by atoms with van der Waals surface area (Å²) >= 11 is 6.96. The zero-order valence-corrected chi connectivity index (χ0v) is 13.9. The number of thioether (sulfide) groups is 1. The van der Waals surface area contributed by atoms with Gasteiger partial charge in [0, 0.05) is 11.1 Å². The number of nitrogens with two attached hydrogens (primary N) is 1. The number of primary amides is 1. The van der Waals surface area contributed by atoms with Crippen molar-refractivity contribution in [3.63, 3.8) is 0 Å². The first-order chi connectivity index (χ1) is 10.9. The predicted molar refractivity (Wildman–Crippen MR) is 90.6 cm³/mol. The van der Waals surface area contributed by atoms with Crippen molar-refractivity contribution in [2.75, 3.05) is 5.75 Å². The second-order valence-corrected chi connectivity index (χ2v) is 6.33. The number of carbonyl (C=O) groups is 1. The monoisotopic (exact) mass is 347 g/mol. The molecule has 0 saturated heterocycles. The summed E-state index contributed by atoms with van der Waals surface area (Å²) in [6, 6.07) is 10.6. The van der Waals surface area contributed by atoms with Gasteiger partial charge >= 0.3 is 0 Å². The van der Waals surface area contributed by atoms with E-state index < -0.39 is 5.91 Å². The van der Waals surface area contributed by atoms with E-state index in [1.807, 2.05) is 12.1 Å². The minimum Gasteiger partial charge on any atom is -0.369 e. The van der Waals surface area contributed by atoms with Crippen molar-refractivity contribution in [3.8, 4) is 6.07 Å². The van der Waals surface area contributed by atoms with Crippen molar-refractivity contribution in [2.24, 2.45) is 5.73 Å². The Bertz CT molecular complexity index is 838. The Labute approximate surface area is 142 Å². The molecule has 2 aromatic rings. The molecule has 0 fully saturated rings. The Morgan fingerprint density at radius 1 is 1.39 bits per heavy atom. The molecule has 1 aromatic heterocycles. The fraction of sp³-hybridized carbons (Fsp3) is 0.188. The van der Waals surface area contributed by atoms with Crippen molar-refractivity contribution in [1.29, 1.82) is 5.26 Å². The van der Waals surface area contributed by atoms with E-state index in [0.717, 1.165) is 17.3 Å². The minimum absolute atomic E-state index is 0.00179. The molecule has 0 spiro atoms. The number of nitrogens with zero attached hydrogens (tertiary/aromatic N) is 2. The van der Waals surface area contributed by atoms with Crippen LogP contribution in [0.15, 0.2) is 40.2 Å². The van der Waals surface area contributed by atoms with Gasteiger partial charge in [-0.05, 0) is 30.2 Å². The van der Waals surface area contributed by atoms with Crippen LogP contribution in [0.2, 0.25) is 5.02 Å². The van der Waals surface area contributed by atoms with E-state index in [9.17, 15) is 14.9 Å². The van der Waals surface area contributed by atoms with Gasteiger partial charge in [-0.3, -0.25) is 14.2 Å². The molecule has 0 atom stereocenters. The Balaban J connectivity index is 2.51. The van der Waals surface area contributed by atoms with Gasteiger partial charge < -0.3 is 5.73 Å². The van der Waals surface area contributed by atoms with E-state index >= 15 is 0 Å². The molecule has 0 aliphatic heterocycles. The summed E-state index contributed by atoms with van der Waals surface area (Å²) < 4.78 is 1.47. The summed E-state index contributed by atoms with van der Waals surface area (Å²) in [7, 11) is 0. The number of aryl methyl sites for hydroxylation is 1. The van der Waals surface area contributed by atoms with E-state index in [4.69, 9.17) is 17.3 Å². The number of nitriles is 1. The molecule has 0 unspecified atom stereocenters. The highest BCUT2D eigenvalue weighted by molar-refractivity contribution is 8.00. The van der Waals surface area contributed by atoms with Gasteiger partial charge in [-0.25, -0.2) is 0 Å². The fourth-order valence-corrected chi connectivity index (χ4v) is 3.15. The largest absolute Gasteiger partial charge is 0.369 e. The van der Waals surface area contributed by atoms with Crippen LogP contribution in [0, 0.1) is 18.3 Å². The number of benzene rings is 1. The minimum atomic E-state index is -0.508. The molecule has 1 aromatic carbocycles. The summed E-state index contributed by atoms with van der Waals surface area (Å²) in [6.45, 7) is 1.98. The van der Waals surface area contributed by atoms with Gasteiger partial charge in [0.15, 0.2) is 0 Å². The molecule has 0 aliphatic rings. The van der Waals surface area contributed by atoms with Gasteiger partial charge in [-0.2, -0.15) is 5.26 Å². The Morgan fingerprint density at radius 2 is 2.04 bits per heavy atom. The van der Waals surface area contributed by atoms with Crippen LogP contribution in [0.25, 0.3) is 0 Å². The van der Waals surface area contributed by atoms with Crippen LogP contribution in [-0.4, -0.2) is 16.2 Å². The van der Waals surface area contributed by atoms with Crippen LogP contribution in [0.1, 0.15) is 16.7 Å². The van der Waals surface area contributed by atoms with Crippen LogP contribution in [-0.2, 0) is 11.3 Å². The molecular weight excluding hydrogens is 334 g/mol. The average molecular weight is 348 g/mol. The number of aromatic nitrogens is 1. The zero-order valence-electron chi connectivity index (χ0n) is 12.4.